The molecule has 0 aliphatic rings. The zero-order valence-corrected chi connectivity index (χ0v) is 11.7. The van der Waals surface area contributed by atoms with Gasteiger partial charge in [-0.2, -0.15) is 0 Å². The SMILES string of the molecule is COc1c(N)cccc1C(=O)NCCc1cccc(F)c1. The van der Waals surface area contributed by atoms with Gasteiger partial charge in [0.05, 0.1) is 18.4 Å². The van der Waals surface area contributed by atoms with Crippen molar-refractivity contribution in [1.29, 1.82) is 0 Å². The van der Waals surface area contributed by atoms with E-state index in [2.05, 4.69) is 5.32 Å². The van der Waals surface area contributed by atoms with E-state index in [0.29, 0.717) is 30.0 Å². The molecule has 0 radical (unpaired) electrons. The fourth-order valence-electron chi connectivity index (χ4n) is 2.07. The van der Waals surface area contributed by atoms with Crippen LogP contribution >= 0.6 is 0 Å². The Hall–Kier alpha value is -2.56. The highest BCUT2D eigenvalue weighted by Crippen LogP contribution is 2.25. The molecule has 0 fully saturated rings. The summed E-state index contributed by atoms with van der Waals surface area (Å²) < 4.78 is 18.2. The first-order valence-corrected chi connectivity index (χ1v) is 6.57. The zero-order valence-electron chi connectivity index (χ0n) is 11.7. The third kappa shape index (κ3) is 3.72. The van der Waals surface area contributed by atoms with E-state index in [1.54, 1.807) is 24.3 Å². The van der Waals surface area contributed by atoms with Gasteiger partial charge in [0, 0.05) is 6.54 Å². The van der Waals surface area contributed by atoms with E-state index in [4.69, 9.17) is 10.5 Å². The second kappa shape index (κ2) is 6.74. The molecular formula is C16H17FN2O2. The minimum absolute atomic E-state index is 0.268. The second-order valence-electron chi connectivity index (χ2n) is 4.56. The monoisotopic (exact) mass is 288 g/mol. The summed E-state index contributed by atoms with van der Waals surface area (Å²) in [6.45, 7) is 0.403. The smallest absolute Gasteiger partial charge is 0.255 e. The van der Waals surface area contributed by atoms with Gasteiger partial charge in [0.1, 0.15) is 5.82 Å². The minimum Gasteiger partial charge on any atom is -0.494 e. The fourth-order valence-corrected chi connectivity index (χ4v) is 2.07. The highest BCUT2D eigenvalue weighted by Gasteiger charge is 2.13. The third-order valence-electron chi connectivity index (χ3n) is 3.08. The number of para-hydroxylation sites is 1. The highest BCUT2D eigenvalue weighted by atomic mass is 19.1. The van der Waals surface area contributed by atoms with Gasteiger partial charge >= 0.3 is 0 Å². The van der Waals surface area contributed by atoms with Crippen molar-refractivity contribution in [2.45, 2.75) is 6.42 Å². The number of carbonyl (C=O) groups excluding carboxylic acids is 1. The number of halogens is 1. The summed E-state index contributed by atoms with van der Waals surface area (Å²) >= 11 is 0. The molecular weight excluding hydrogens is 271 g/mol. The number of nitrogens with one attached hydrogen (secondary N) is 1. The molecule has 2 rings (SSSR count). The maximum absolute atomic E-state index is 13.0. The van der Waals surface area contributed by atoms with Gasteiger partial charge in [0.25, 0.3) is 5.91 Å². The van der Waals surface area contributed by atoms with Gasteiger partial charge in [-0.3, -0.25) is 4.79 Å². The lowest BCUT2D eigenvalue weighted by atomic mass is 10.1. The molecule has 21 heavy (non-hydrogen) atoms. The van der Waals surface area contributed by atoms with Crippen LogP contribution in [0.1, 0.15) is 15.9 Å². The summed E-state index contributed by atoms with van der Waals surface area (Å²) in [5.74, 6) is -0.187. The molecule has 0 heterocycles. The van der Waals surface area contributed by atoms with Crippen LogP contribution < -0.4 is 15.8 Å². The van der Waals surface area contributed by atoms with Crippen LogP contribution in [0.5, 0.6) is 5.75 Å². The number of methoxy groups -OCH3 is 1. The van der Waals surface area contributed by atoms with Crippen LogP contribution in [0.25, 0.3) is 0 Å². The van der Waals surface area contributed by atoms with Gasteiger partial charge < -0.3 is 15.8 Å². The Labute approximate surface area is 122 Å². The third-order valence-corrected chi connectivity index (χ3v) is 3.08. The van der Waals surface area contributed by atoms with Crippen molar-refractivity contribution >= 4 is 11.6 Å². The Bertz CT molecular complexity index is 644. The number of rotatable bonds is 5. The zero-order chi connectivity index (χ0) is 15.2. The molecule has 0 aromatic heterocycles. The first kappa shape index (κ1) is 14.8. The molecule has 5 heteroatoms. The van der Waals surface area contributed by atoms with E-state index in [0.717, 1.165) is 5.56 Å². The first-order valence-electron chi connectivity index (χ1n) is 6.57. The van der Waals surface area contributed by atoms with Crippen molar-refractivity contribution in [2.75, 3.05) is 19.4 Å². The van der Waals surface area contributed by atoms with Crippen molar-refractivity contribution in [1.82, 2.24) is 5.32 Å². The lowest BCUT2D eigenvalue weighted by molar-refractivity contribution is 0.0951. The Morgan fingerprint density at radius 1 is 1.29 bits per heavy atom. The summed E-state index contributed by atoms with van der Waals surface area (Å²) in [7, 11) is 1.47. The van der Waals surface area contributed by atoms with Gasteiger partial charge in [-0.1, -0.05) is 18.2 Å². The summed E-state index contributed by atoms with van der Waals surface area (Å²) in [5.41, 5.74) is 7.39. The van der Waals surface area contributed by atoms with Gasteiger partial charge in [-0.25, -0.2) is 4.39 Å². The van der Waals surface area contributed by atoms with Crippen molar-refractivity contribution in [3.05, 3.63) is 59.4 Å². The van der Waals surface area contributed by atoms with E-state index in [9.17, 15) is 9.18 Å². The normalized spacial score (nSPS) is 10.2. The minimum atomic E-state index is -0.281. The fraction of sp³-hybridized carbons (Fsp3) is 0.188. The Morgan fingerprint density at radius 2 is 2.05 bits per heavy atom. The van der Waals surface area contributed by atoms with Gasteiger partial charge in [0.2, 0.25) is 0 Å². The standard InChI is InChI=1S/C16H17FN2O2/c1-21-15-13(6-3-7-14(15)18)16(20)19-9-8-11-4-2-5-12(17)10-11/h2-7,10H,8-9,18H2,1H3,(H,19,20). The maximum Gasteiger partial charge on any atom is 0.255 e. The number of ether oxygens (including phenoxy) is 1. The molecule has 0 unspecified atom stereocenters. The second-order valence-corrected chi connectivity index (χ2v) is 4.56. The quantitative estimate of drug-likeness (QED) is 0.830. The molecule has 0 aliphatic heterocycles. The highest BCUT2D eigenvalue weighted by molar-refractivity contribution is 5.98. The topological polar surface area (TPSA) is 64.3 Å². The lowest BCUT2D eigenvalue weighted by Gasteiger charge is -2.11. The summed E-state index contributed by atoms with van der Waals surface area (Å²) in [5, 5.41) is 2.77. The Morgan fingerprint density at radius 3 is 2.76 bits per heavy atom. The van der Waals surface area contributed by atoms with Gasteiger partial charge in [-0.15, -0.1) is 0 Å². The maximum atomic E-state index is 13.0. The van der Waals surface area contributed by atoms with Crippen LogP contribution in [0.15, 0.2) is 42.5 Å². The molecule has 0 bridgehead atoms. The molecule has 0 saturated heterocycles. The molecule has 0 spiro atoms. The number of anilines is 1. The number of hydrogen-bond acceptors (Lipinski definition) is 3. The first-order chi connectivity index (χ1) is 10.1. The van der Waals surface area contributed by atoms with E-state index in [1.165, 1.54) is 19.2 Å². The van der Waals surface area contributed by atoms with Crippen molar-refractivity contribution in [3.63, 3.8) is 0 Å². The van der Waals surface area contributed by atoms with E-state index < -0.39 is 0 Å². The van der Waals surface area contributed by atoms with Crippen LogP contribution in [0.2, 0.25) is 0 Å². The van der Waals surface area contributed by atoms with E-state index in [-0.39, 0.29) is 11.7 Å². The Balaban J connectivity index is 1.98. The number of hydrogen-bond donors (Lipinski definition) is 2. The average molecular weight is 288 g/mol. The Kier molecular flexibility index (Phi) is 4.77. The number of carbonyl (C=O) groups is 1. The number of benzene rings is 2. The predicted octanol–water partition coefficient (Wildman–Crippen LogP) is 2.39. The van der Waals surface area contributed by atoms with Crippen molar-refractivity contribution in [2.24, 2.45) is 0 Å². The molecule has 2 aromatic carbocycles. The molecule has 4 nitrogen and oxygen atoms in total. The van der Waals surface area contributed by atoms with E-state index in [1.807, 2.05) is 6.07 Å². The molecule has 110 valence electrons. The summed E-state index contributed by atoms with van der Waals surface area (Å²) in [4.78, 5) is 12.1. The van der Waals surface area contributed by atoms with Gasteiger partial charge in [0.15, 0.2) is 5.75 Å². The van der Waals surface area contributed by atoms with Crippen molar-refractivity contribution < 1.29 is 13.9 Å². The molecule has 0 atom stereocenters. The van der Waals surface area contributed by atoms with Gasteiger partial charge in [-0.05, 0) is 36.2 Å². The van der Waals surface area contributed by atoms with Crippen LogP contribution in [-0.2, 0) is 6.42 Å². The molecule has 3 N–H and O–H groups in total. The molecule has 0 aliphatic carbocycles. The molecule has 2 aromatic rings. The van der Waals surface area contributed by atoms with Crippen LogP contribution in [-0.4, -0.2) is 19.6 Å². The average Bonchev–Trinajstić information content (AvgIpc) is 2.47. The molecule has 0 saturated carbocycles. The van der Waals surface area contributed by atoms with Crippen LogP contribution in [0, 0.1) is 5.82 Å². The van der Waals surface area contributed by atoms with E-state index >= 15 is 0 Å². The number of amides is 1. The van der Waals surface area contributed by atoms with Crippen molar-refractivity contribution in [3.8, 4) is 5.75 Å². The van der Waals surface area contributed by atoms with Crippen LogP contribution in [0.4, 0.5) is 10.1 Å². The van der Waals surface area contributed by atoms with Crippen LogP contribution in [0.3, 0.4) is 0 Å². The number of nitrogens with two attached hydrogens (primary N) is 1. The summed E-state index contributed by atoms with van der Waals surface area (Å²) in [6.07, 6.45) is 0.550. The summed E-state index contributed by atoms with van der Waals surface area (Å²) in [6, 6.07) is 11.3. The molecule has 1 amide bonds. The lowest BCUT2D eigenvalue weighted by Crippen LogP contribution is -2.26. The number of nitrogen functional groups attached to an aromatic ring is 1. The predicted molar refractivity (Wildman–Crippen MR) is 79.8 cm³/mol. The largest absolute Gasteiger partial charge is 0.494 e.